The van der Waals surface area contributed by atoms with Crippen molar-refractivity contribution in [3.63, 3.8) is 0 Å². The molecule has 0 radical (unpaired) electrons. The topological polar surface area (TPSA) is 121 Å². The van der Waals surface area contributed by atoms with Crippen LogP contribution in [0.4, 0.5) is 0 Å². The van der Waals surface area contributed by atoms with E-state index in [1.165, 1.54) is 6.33 Å². The van der Waals surface area contributed by atoms with Gasteiger partial charge < -0.3 is 21.1 Å². The second-order valence-corrected chi connectivity index (χ2v) is 11.1. The summed E-state index contributed by atoms with van der Waals surface area (Å²) in [6.45, 7) is 3.97. The molecule has 1 heterocycles. The Balaban J connectivity index is 1.54. The number of imidazole rings is 1. The zero-order valence-corrected chi connectivity index (χ0v) is 23.7. The number of rotatable bonds is 14. The Kier molecular flexibility index (Phi) is 10.6. The number of benzene rings is 3. The van der Waals surface area contributed by atoms with Crippen molar-refractivity contribution >= 4 is 28.5 Å². The van der Waals surface area contributed by atoms with Crippen molar-refractivity contribution in [1.29, 1.82) is 0 Å². The largest absolute Gasteiger partial charge is 0.384 e. The minimum absolute atomic E-state index is 0.120. The van der Waals surface area contributed by atoms with Gasteiger partial charge in [0.15, 0.2) is 5.78 Å². The lowest BCUT2D eigenvalue weighted by molar-refractivity contribution is -0.135. The Morgan fingerprint density at radius 2 is 1.73 bits per heavy atom. The number of fused-ring (bicyclic) bond motifs is 1. The van der Waals surface area contributed by atoms with E-state index in [2.05, 4.69) is 39.6 Å². The summed E-state index contributed by atoms with van der Waals surface area (Å²) in [5.41, 5.74) is 9.06. The van der Waals surface area contributed by atoms with Gasteiger partial charge in [-0.05, 0) is 47.1 Å². The second kappa shape index (κ2) is 14.5. The maximum Gasteiger partial charge on any atom is 0.224 e. The Hall–Kier alpha value is -4.07. The zero-order chi connectivity index (χ0) is 29.2. The smallest absolute Gasteiger partial charge is 0.224 e. The number of H-pyrrole nitrogens is 1. The van der Waals surface area contributed by atoms with Gasteiger partial charge >= 0.3 is 0 Å². The molecule has 2 unspecified atom stereocenters. The molecule has 4 aromatic rings. The molecule has 0 saturated carbocycles. The van der Waals surface area contributed by atoms with E-state index in [-0.39, 0.29) is 18.2 Å². The predicted molar refractivity (Wildman–Crippen MR) is 164 cm³/mol. The van der Waals surface area contributed by atoms with Gasteiger partial charge in [0.2, 0.25) is 5.91 Å². The average Bonchev–Trinajstić information content (AvgIpc) is 3.49. The van der Waals surface area contributed by atoms with Crippen molar-refractivity contribution in [2.75, 3.05) is 0 Å². The third kappa shape index (κ3) is 8.46. The van der Waals surface area contributed by atoms with Crippen LogP contribution in [0.25, 0.3) is 16.8 Å². The Morgan fingerprint density at radius 3 is 2.46 bits per heavy atom. The van der Waals surface area contributed by atoms with Crippen LogP contribution >= 0.6 is 0 Å². The minimum atomic E-state index is -1.42. The number of allylic oxidation sites excluding steroid dienone is 1. The van der Waals surface area contributed by atoms with Gasteiger partial charge in [-0.1, -0.05) is 98.8 Å². The molecule has 0 aliphatic heterocycles. The van der Waals surface area contributed by atoms with Crippen LogP contribution in [0.5, 0.6) is 0 Å². The molecular weight excluding hydrogens is 512 g/mol. The highest BCUT2D eigenvalue weighted by Crippen LogP contribution is 2.24. The highest BCUT2D eigenvalue weighted by atomic mass is 16.3. The number of carbonyl (C=O) groups is 2. The zero-order valence-electron chi connectivity index (χ0n) is 23.7. The van der Waals surface area contributed by atoms with Crippen molar-refractivity contribution in [3.8, 4) is 0 Å². The SMILES string of the molecule is CC(C)C[C@H](NC(=O)C(CC=Cc1ccccc1)Cc1cccc2ccccc12)C(=O)C(O)[C@@H](N)Cc1cnc[nH]1. The summed E-state index contributed by atoms with van der Waals surface area (Å²) >= 11 is 0. The van der Waals surface area contributed by atoms with Crippen molar-refractivity contribution in [2.45, 2.75) is 57.7 Å². The molecule has 214 valence electrons. The predicted octanol–water partition coefficient (Wildman–Crippen LogP) is 4.86. The van der Waals surface area contributed by atoms with E-state index in [1.807, 2.05) is 74.5 Å². The van der Waals surface area contributed by atoms with Crippen LogP contribution in [0.3, 0.4) is 0 Å². The molecule has 0 fully saturated rings. The first kappa shape index (κ1) is 29.9. The van der Waals surface area contributed by atoms with Crippen molar-refractivity contribution in [2.24, 2.45) is 17.6 Å². The molecule has 0 bridgehead atoms. The van der Waals surface area contributed by atoms with Gasteiger partial charge in [-0.2, -0.15) is 0 Å². The number of hydrogen-bond acceptors (Lipinski definition) is 5. The molecule has 4 rings (SSSR count). The van der Waals surface area contributed by atoms with Crippen LogP contribution < -0.4 is 11.1 Å². The number of hydrogen-bond donors (Lipinski definition) is 4. The molecule has 7 nitrogen and oxygen atoms in total. The number of ketones is 1. The van der Waals surface area contributed by atoms with Crippen LogP contribution in [-0.4, -0.2) is 45.0 Å². The number of aromatic amines is 1. The molecule has 4 atom stereocenters. The van der Waals surface area contributed by atoms with Gasteiger partial charge in [-0.25, -0.2) is 4.98 Å². The maximum atomic E-state index is 13.8. The summed E-state index contributed by atoms with van der Waals surface area (Å²) in [6, 6.07) is 22.5. The molecular formula is C34H40N4O3. The van der Waals surface area contributed by atoms with E-state index in [0.717, 1.165) is 27.6 Å². The minimum Gasteiger partial charge on any atom is -0.384 e. The van der Waals surface area contributed by atoms with E-state index in [0.29, 0.717) is 19.3 Å². The lowest BCUT2D eigenvalue weighted by atomic mass is 9.89. The molecule has 0 aliphatic rings. The summed E-state index contributed by atoms with van der Waals surface area (Å²) in [7, 11) is 0. The van der Waals surface area contributed by atoms with E-state index >= 15 is 0 Å². The van der Waals surface area contributed by atoms with Crippen molar-refractivity contribution < 1.29 is 14.7 Å². The average molecular weight is 553 g/mol. The first-order valence-electron chi connectivity index (χ1n) is 14.2. The number of nitrogens with two attached hydrogens (primary N) is 1. The van der Waals surface area contributed by atoms with Gasteiger partial charge in [-0.3, -0.25) is 9.59 Å². The van der Waals surface area contributed by atoms with E-state index in [9.17, 15) is 14.7 Å². The van der Waals surface area contributed by atoms with Crippen LogP contribution in [0, 0.1) is 11.8 Å². The number of aliphatic hydroxyl groups excluding tert-OH is 1. The molecule has 7 heteroatoms. The molecule has 0 aliphatic carbocycles. The summed E-state index contributed by atoms with van der Waals surface area (Å²) < 4.78 is 0. The fourth-order valence-corrected chi connectivity index (χ4v) is 5.14. The quantitative estimate of drug-likeness (QED) is 0.178. The van der Waals surface area contributed by atoms with Gasteiger partial charge in [-0.15, -0.1) is 0 Å². The highest BCUT2D eigenvalue weighted by molar-refractivity contribution is 5.93. The standard InChI is InChI=1S/C34H40N4O3/c1-23(2)18-31(33(40)32(39)30(35)20-28-21-36-22-37-28)38-34(41)27(16-8-12-24-10-4-3-5-11-24)19-26-15-9-14-25-13-6-7-17-29(25)26/h3-15,17,21-23,27,30-32,39H,16,18-20,35H2,1-2H3,(H,36,37)(H,38,41)/t27?,30-,31-,32?/m0/s1. The van der Waals surface area contributed by atoms with E-state index in [1.54, 1.807) is 6.20 Å². The van der Waals surface area contributed by atoms with E-state index in [4.69, 9.17) is 5.73 Å². The van der Waals surface area contributed by atoms with Gasteiger partial charge in [0, 0.05) is 30.3 Å². The molecule has 0 saturated heterocycles. The fraction of sp³-hybridized carbons (Fsp3) is 0.324. The van der Waals surface area contributed by atoms with Gasteiger partial charge in [0.05, 0.1) is 12.4 Å². The third-order valence-corrected chi connectivity index (χ3v) is 7.32. The first-order valence-corrected chi connectivity index (χ1v) is 14.2. The Morgan fingerprint density at radius 1 is 1.00 bits per heavy atom. The Bertz CT molecular complexity index is 1430. The number of aliphatic hydroxyl groups is 1. The first-order chi connectivity index (χ1) is 19.8. The van der Waals surface area contributed by atoms with Crippen LogP contribution in [0.1, 0.15) is 43.5 Å². The molecule has 0 spiro atoms. The van der Waals surface area contributed by atoms with Crippen molar-refractivity contribution in [3.05, 3.63) is 108 Å². The number of carbonyl (C=O) groups excluding carboxylic acids is 2. The summed E-state index contributed by atoms with van der Waals surface area (Å²) in [6.07, 6.45) is 7.42. The Labute approximate surface area is 241 Å². The van der Waals surface area contributed by atoms with Crippen LogP contribution in [0.15, 0.2) is 91.4 Å². The number of Topliss-reactive ketones (excluding diaryl/α,β-unsaturated/α-hetero) is 1. The number of amides is 1. The van der Waals surface area contributed by atoms with Crippen LogP contribution in [0.2, 0.25) is 0 Å². The summed E-state index contributed by atoms with van der Waals surface area (Å²) in [5, 5.41) is 16.1. The monoisotopic (exact) mass is 552 g/mol. The molecule has 5 N–H and O–H groups in total. The third-order valence-electron chi connectivity index (χ3n) is 7.32. The van der Waals surface area contributed by atoms with Gasteiger partial charge in [0.25, 0.3) is 0 Å². The number of aromatic nitrogens is 2. The number of nitrogens with zero attached hydrogens (tertiary/aromatic N) is 1. The van der Waals surface area contributed by atoms with Gasteiger partial charge in [0.1, 0.15) is 6.10 Å². The molecule has 3 aromatic carbocycles. The summed E-state index contributed by atoms with van der Waals surface area (Å²) in [4.78, 5) is 34.2. The normalized spacial score (nSPS) is 14.7. The molecule has 1 aromatic heterocycles. The van der Waals surface area contributed by atoms with E-state index < -0.39 is 29.9 Å². The second-order valence-electron chi connectivity index (χ2n) is 11.1. The summed E-state index contributed by atoms with van der Waals surface area (Å²) in [5.74, 6) is -0.986. The molecule has 1 amide bonds. The number of nitrogens with one attached hydrogen (secondary N) is 2. The highest BCUT2D eigenvalue weighted by Gasteiger charge is 2.33. The maximum absolute atomic E-state index is 13.8. The van der Waals surface area contributed by atoms with Crippen LogP contribution in [-0.2, 0) is 22.4 Å². The van der Waals surface area contributed by atoms with Crippen molar-refractivity contribution in [1.82, 2.24) is 15.3 Å². The fourth-order valence-electron chi connectivity index (χ4n) is 5.14. The molecule has 41 heavy (non-hydrogen) atoms. The lowest BCUT2D eigenvalue weighted by Crippen LogP contribution is -2.53. The lowest BCUT2D eigenvalue weighted by Gasteiger charge is -2.27.